The molecule has 4 aromatic rings. The van der Waals surface area contributed by atoms with Crippen molar-refractivity contribution in [3.63, 3.8) is 0 Å². The largest absolute Gasteiger partial charge is 0.452 e. The lowest BCUT2D eigenvalue weighted by molar-refractivity contribution is -0.119. The van der Waals surface area contributed by atoms with Crippen LogP contribution in [0.25, 0.3) is 22.2 Å². The number of rotatable bonds is 6. The first-order valence-electron chi connectivity index (χ1n) is 11.0. The Labute approximate surface area is 203 Å². The molecular weight excluding hydrogens is 469 g/mol. The number of aryl methyl sites for hydroxylation is 1. The van der Waals surface area contributed by atoms with E-state index in [1.54, 1.807) is 42.5 Å². The molecule has 0 unspecified atom stereocenters. The average molecular weight is 490 g/mol. The highest BCUT2D eigenvalue weighted by atomic mass is 32.1. The summed E-state index contributed by atoms with van der Waals surface area (Å²) in [4.78, 5) is 43.1. The van der Waals surface area contributed by atoms with E-state index >= 15 is 0 Å². The Morgan fingerprint density at radius 2 is 1.86 bits per heavy atom. The maximum Gasteiger partial charge on any atom is 0.339 e. The molecule has 9 heteroatoms. The van der Waals surface area contributed by atoms with Crippen LogP contribution in [-0.4, -0.2) is 29.4 Å². The van der Waals surface area contributed by atoms with Crippen LogP contribution in [0, 0.1) is 5.82 Å². The number of amides is 2. The number of hydrogen-bond acceptors (Lipinski definition) is 6. The first-order chi connectivity index (χ1) is 16.9. The van der Waals surface area contributed by atoms with Crippen molar-refractivity contribution in [1.82, 2.24) is 4.98 Å². The number of hydrogen-bond donors (Lipinski definition) is 2. The summed E-state index contributed by atoms with van der Waals surface area (Å²) < 4.78 is 18.7. The maximum atomic E-state index is 13.4. The molecule has 5 rings (SSSR count). The third-order valence-electron chi connectivity index (χ3n) is 5.83. The molecule has 2 heterocycles. The summed E-state index contributed by atoms with van der Waals surface area (Å²) in [6.07, 6.45) is 2.55. The van der Waals surface area contributed by atoms with E-state index in [-0.39, 0.29) is 11.4 Å². The molecule has 0 spiro atoms. The van der Waals surface area contributed by atoms with Crippen molar-refractivity contribution in [2.75, 3.05) is 11.9 Å². The molecule has 7 nitrogen and oxygen atoms in total. The minimum absolute atomic E-state index is 0.232. The van der Waals surface area contributed by atoms with Crippen molar-refractivity contribution in [3.8, 4) is 11.3 Å². The minimum atomic E-state index is -0.703. The van der Waals surface area contributed by atoms with Gasteiger partial charge in [0.15, 0.2) is 6.61 Å². The van der Waals surface area contributed by atoms with Crippen LogP contribution in [0.15, 0.2) is 54.6 Å². The fourth-order valence-electron chi connectivity index (χ4n) is 4.24. The van der Waals surface area contributed by atoms with Crippen molar-refractivity contribution < 1.29 is 23.5 Å². The Morgan fingerprint density at radius 3 is 2.63 bits per heavy atom. The van der Waals surface area contributed by atoms with Gasteiger partial charge < -0.3 is 15.8 Å². The van der Waals surface area contributed by atoms with E-state index in [1.807, 2.05) is 0 Å². The summed E-state index contributed by atoms with van der Waals surface area (Å²) >= 11 is 1.33. The van der Waals surface area contributed by atoms with Crippen molar-refractivity contribution in [1.29, 1.82) is 0 Å². The zero-order valence-corrected chi connectivity index (χ0v) is 19.3. The second-order valence-corrected chi connectivity index (χ2v) is 9.23. The number of nitrogens with two attached hydrogens (primary N) is 1. The van der Waals surface area contributed by atoms with Gasteiger partial charge in [-0.1, -0.05) is 18.2 Å². The van der Waals surface area contributed by atoms with Crippen LogP contribution >= 0.6 is 11.3 Å². The van der Waals surface area contributed by atoms with Gasteiger partial charge in [-0.25, -0.2) is 14.2 Å². The van der Waals surface area contributed by atoms with Gasteiger partial charge in [0.2, 0.25) is 0 Å². The monoisotopic (exact) mass is 489 g/mol. The Morgan fingerprint density at radius 1 is 1.09 bits per heavy atom. The fourth-order valence-corrected chi connectivity index (χ4v) is 5.55. The van der Waals surface area contributed by atoms with E-state index in [0.717, 1.165) is 29.7 Å². The average Bonchev–Trinajstić information content (AvgIpc) is 3.43. The topological polar surface area (TPSA) is 111 Å². The molecule has 0 saturated carbocycles. The van der Waals surface area contributed by atoms with Gasteiger partial charge in [-0.15, -0.1) is 11.3 Å². The van der Waals surface area contributed by atoms with Gasteiger partial charge in [0.25, 0.3) is 11.8 Å². The van der Waals surface area contributed by atoms with Crippen molar-refractivity contribution in [3.05, 3.63) is 82.0 Å². The van der Waals surface area contributed by atoms with Gasteiger partial charge in [0.05, 0.1) is 22.3 Å². The summed E-state index contributed by atoms with van der Waals surface area (Å²) in [5, 5.41) is 3.61. The van der Waals surface area contributed by atoms with Crippen molar-refractivity contribution in [2.45, 2.75) is 19.3 Å². The predicted molar refractivity (Wildman–Crippen MR) is 131 cm³/mol. The number of aromatic nitrogens is 1. The zero-order valence-electron chi connectivity index (χ0n) is 18.5. The van der Waals surface area contributed by atoms with Crippen molar-refractivity contribution in [2.24, 2.45) is 5.73 Å². The molecule has 3 N–H and O–H groups in total. The number of carbonyl (C=O) groups is 3. The number of fused-ring (bicyclic) bond motifs is 2. The summed E-state index contributed by atoms with van der Waals surface area (Å²) in [7, 11) is 0. The van der Waals surface area contributed by atoms with Crippen molar-refractivity contribution >= 4 is 45.0 Å². The lowest BCUT2D eigenvalue weighted by Crippen LogP contribution is -2.23. The lowest BCUT2D eigenvalue weighted by Gasteiger charge is -2.11. The van der Waals surface area contributed by atoms with Crippen LogP contribution in [0.1, 0.15) is 37.6 Å². The standard InChI is InChI=1S/C26H20FN3O4S/c27-15-10-8-14(9-11-15)20-12-18(16-4-1-2-6-19(16)29-20)26(33)34-13-22(31)30-25-23(24(28)32)17-5-3-7-21(17)35-25/h1-2,4,6,8-12H,3,5,7,13H2,(H2,28,32)(H,30,31). The first kappa shape index (κ1) is 22.7. The Kier molecular flexibility index (Phi) is 6.00. The molecule has 0 saturated heterocycles. The summed E-state index contributed by atoms with van der Waals surface area (Å²) in [6.45, 7) is -0.540. The molecule has 0 bridgehead atoms. The third kappa shape index (κ3) is 4.50. The molecule has 0 fully saturated rings. The third-order valence-corrected chi connectivity index (χ3v) is 7.04. The van der Waals surface area contributed by atoms with Gasteiger partial charge in [0, 0.05) is 15.8 Å². The van der Waals surface area contributed by atoms with Crippen LogP contribution in [0.2, 0.25) is 0 Å². The molecule has 176 valence electrons. The number of benzene rings is 2. The number of carbonyl (C=O) groups excluding carboxylic acids is 3. The number of esters is 1. The molecule has 1 aliphatic carbocycles. The van der Waals surface area contributed by atoms with E-state index in [2.05, 4.69) is 10.3 Å². The van der Waals surface area contributed by atoms with Crippen LogP contribution in [0.3, 0.4) is 0 Å². The van der Waals surface area contributed by atoms with E-state index in [0.29, 0.717) is 32.7 Å². The highest BCUT2D eigenvalue weighted by Gasteiger charge is 2.26. The number of thiophene rings is 1. The number of anilines is 1. The van der Waals surface area contributed by atoms with Crippen LogP contribution < -0.4 is 11.1 Å². The Balaban J connectivity index is 1.36. The number of ether oxygens (including phenoxy) is 1. The number of nitrogens with zero attached hydrogens (tertiary/aromatic N) is 1. The second-order valence-electron chi connectivity index (χ2n) is 8.13. The highest BCUT2D eigenvalue weighted by Crippen LogP contribution is 2.38. The molecular formula is C26H20FN3O4S. The summed E-state index contributed by atoms with van der Waals surface area (Å²) in [6, 6.07) is 14.4. The molecule has 2 aromatic heterocycles. The molecule has 2 aromatic carbocycles. The van der Waals surface area contributed by atoms with Gasteiger partial charge in [-0.05, 0) is 61.2 Å². The second kappa shape index (κ2) is 9.27. The molecule has 2 amide bonds. The van der Waals surface area contributed by atoms with Crippen LogP contribution in [0.5, 0.6) is 0 Å². The maximum absolute atomic E-state index is 13.4. The van der Waals surface area contributed by atoms with E-state index in [4.69, 9.17) is 10.5 Å². The van der Waals surface area contributed by atoms with Gasteiger partial charge in [-0.2, -0.15) is 0 Å². The molecule has 1 aliphatic rings. The Bertz CT molecular complexity index is 1480. The zero-order chi connectivity index (χ0) is 24.5. The van der Waals surface area contributed by atoms with Gasteiger partial charge >= 0.3 is 5.97 Å². The molecule has 35 heavy (non-hydrogen) atoms. The normalized spacial score (nSPS) is 12.4. The van der Waals surface area contributed by atoms with Crippen LogP contribution in [-0.2, 0) is 22.4 Å². The van der Waals surface area contributed by atoms with Gasteiger partial charge in [-0.3, -0.25) is 9.59 Å². The van der Waals surface area contributed by atoms with E-state index in [9.17, 15) is 18.8 Å². The quantitative estimate of drug-likeness (QED) is 0.388. The number of pyridine rings is 1. The first-order valence-corrected chi connectivity index (χ1v) is 11.8. The summed E-state index contributed by atoms with van der Waals surface area (Å²) in [5.41, 5.74) is 8.66. The van der Waals surface area contributed by atoms with Gasteiger partial charge in [0.1, 0.15) is 10.8 Å². The smallest absolute Gasteiger partial charge is 0.339 e. The number of nitrogens with one attached hydrogen (secondary N) is 1. The number of primary amides is 1. The lowest BCUT2D eigenvalue weighted by atomic mass is 10.0. The molecule has 0 aliphatic heterocycles. The Hall–Kier alpha value is -4.11. The van der Waals surface area contributed by atoms with E-state index in [1.165, 1.54) is 23.5 Å². The number of para-hydroxylation sites is 1. The fraction of sp³-hybridized carbons (Fsp3) is 0.154. The van der Waals surface area contributed by atoms with Crippen LogP contribution in [0.4, 0.5) is 9.39 Å². The molecule has 0 radical (unpaired) electrons. The SMILES string of the molecule is NC(=O)c1c(NC(=O)COC(=O)c2cc(-c3ccc(F)cc3)nc3ccccc23)sc2c1CCC2. The minimum Gasteiger partial charge on any atom is -0.452 e. The summed E-state index contributed by atoms with van der Waals surface area (Å²) in [5.74, 6) is -2.24. The number of halogens is 1. The molecule has 0 atom stereocenters. The highest BCUT2D eigenvalue weighted by molar-refractivity contribution is 7.17. The van der Waals surface area contributed by atoms with E-state index < -0.39 is 24.4 Å². The predicted octanol–water partition coefficient (Wildman–Crippen LogP) is 4.49.